The number of guanidine groups is 1. The Bertz CT molecular complexity index is 547. The van der Waals surface area contributed by atoms with Crippen LogP contribution >= 0.6 is 11.3 Å². The van der Waals surface area contributed by atoms with Crippen molar-refractivity contribution in [3.63, 3.8) is 0 Å². The summed E-state index contributed by atoms with van der Waals surface area (Å²) in [5.74, 6) is 0.443. The predicted molar refractivity (Wildman–Crippen MR) is 97.4 cm³/mol. The maximum Gasteiger partial charge on any atom is 0.242 e. The van der Waals surface area contributed by atoms with E-state index >= 15 is 0 Å². The fraction of sp³-hybridized carbons (Fsp3) is 0.688. The van der Waals surface area contributed by atoms with Crippen LogP contribution in [0.3, 0.4) is 0 Å². The van der Waals surface area contributed by atoms with Crippen molar-refractivity contribution in [1.29, 1.82) is 0 Å². The fourth-order valence-corrected chi connectivity index (χ4v) is 3.97. The van der Waals surface area contributed by atoms with Crippen LogP contribution in [0, 0.1) is 0 Å². The molecule has 0 radical (unpaired) electrons. The summed E-state index contributed by atoms with van der Waals surface area (Å²) in [7, 11) is 0. The Morgan fingerprint density at radius 2 is 2.04 bits per heavy atom. The van der Waals surface area contributed by atoms with Crippen molar-refractivity contribution in [3.05, 3.63) is 11.6 Å². The molecule has 2 aliphatic rings. The van der Waals surface area contributed by atoms with Gasteiger partial charge in [-0.15, -0.1) is 11.3 Å². The Hall–Kier alpha value is -1.83. The van der Waals surface area contributed by atoms with Crippen LogP contribution < -0.4 is 16.0 Å². The summed E-state index contributed by atoms with van der Waals surface area (Å²) >= 11 is 1.65. The first-order chi connectivity index (χ1) is 11.7. The van der Waals surface area contributed by atoms with Crippen LogP contribution in [0.1, 0.15) is 32.1 Å². The highest BCUT2D eigenvalue weighted by Crippen LogP contribution is 2.19. The van der Waals surface area contributed by atoms with Gasteiger partial charge in [0, 0.05) is 43.8 Å². The van der Waals surface area contributed by atoms with Crippen LogP contribution in [-0.2, 0) is 4.79 Å². The smallest absolute Gasteiger partial charge is 0.242 e. The molecule has 1 aromatic rings. The highest BCUT2D eigenvalue weighted by atomic mass is 32.1. The number of carbonyl (C=O) groups excluding carboxylic acids is 1. The van der Waals surface area contributed by atoms with E-state index in [1.807, 2.05) is 16.5 Å². The van der Waals surface area contributed by atoms with Gasteiger partial charge in [-0.05, 0) is 12.8 Å². The number of anilines is 1. The topological polar surface area (TPSA) is 86.8 Å². The zero-order chi connectivity index (χ0) is 16.8. The van der Waals surface area contributed by atoms with E-state index in [0.717, 1.165) is 44.2 Å². The lowest BCUT2D eigenvalue weighted by atomic mass is 9.95. The van der Waals surface area contributed by atoms with Crippen LogP contribution in [0.25, 0.3) is 0 Å². The molecule has 24 heavy (non-hydrogen) atoms. The zero-order valence-electron chi connectivity index (χ0n) is 14.0. The lowest BCUT2D eigenvalue weighted by Gasteiger charge is -2.35. The van der Waals surface area contributed by atoms with Crippen molar-refractivity contribution in [2.45, 2.75) is 38.1 Å². The van der Waals surface area contributed by atoms with E-state index in [2.05, 4.69) is 20.2 Å². The molecule has 0 bridgehead atoms. The molecule has 0 atom stereocenters. The largest absolute Gasteiger partial charge is 0.370 e. The molecule has 1 saturated heterocycles. The number of nitrogens with one attached hydrogen (secondary N) is 1. The second kappa shape index (κ2) is 8.32. The summed E-state index contributed by atoms with van der Waals surface area (Å²) in [6.45, 7) is 3.48. The van der Waals surface area contributed by atoms with Gasteiger partial charge in [0.25, 0.3) is 0 Å². The molecule has 1 aliphatic carbocycles. The molecule has 1 amide bonds. The van der Waals surface area contributed by atoms with Gasteiger partial charge in [-0.2, -0.15) is 0 Å². The van der Waals surface area contributed by atoms with Crippen molar-refractivity contribution in [1.82, 2.24) is 15.2 Å². The second-order valence-corrected chi connectivity index (χ2v) is 7.24. The molecule has 7 nitrogen and oxygen atoms in total. The molecule has 1 aliphatic heterocycles. The number of thiazole rings is 1. The molecule has 3 N–H and O–H groups in total. The van der Waals surface area contributed by atoms with E-state index in [1.54, 1.807) is 11.3 Å². The predicted octanol–water partition coefficient (Wildman–Crippen LogP) is 1.03. The number of nitrogens with two attached hydrogens (primary N) is 1. The third-order valence-corrected chi connectivity index (χ3v) is 5.48. The monoisotopic (exact) mass is 350 g/mol. The lowest BCUT2D eigenvalue weighted by Crippen LogP contribution is -2.51. The quantitative estimate of drug-likeness (QED) is 0.626. The molecule has 132 valence electrons. The zero-order valence-corrected chi connectivity index (χ0v) is 14.8. The minimum Gasteiger partial charge on any atom is -0.370 e. The normalized spacial score (nSPS) is 20.2. The minimum atomic E-state index is -0.0220. The SMILES string of the molecule is NC(=NCC(=O)NC1CCCCC1)N1CCN(c2nccs2)CC1. The van der Waals surface area contributed by atoms with Gasteiger partial charge in [0.2, 0.25) is 5.91 Å². The molecule has 0 spiro atoms. The summed E-state index contributed by atoms with van der Waals surface area (Å²) in [5.41, 5.74) is 6.06. The summed E-state index contributed by atoms with van der Waals surface area (Å²) in [5, 5.41) is 6.11. The molecule has 0 aromatic carbocycles. The van der Waals surface area contributed by atoms with E-state index in [1.165, 1.54) is 19.3 Å². The molecule has 2 fully saturated rings. The summed E-state index contributed by atoms with van der Waals surface area (Å²) in [6, 6.07) is 0.324. The number of aliphatic imine (C=N–C) groups is 1. The van der Waals surface area contributed by atoms with Crippen molar-refractivity contribution in [3.8, 4) is 0 Å². The first-order valence-corrected chi connectivity index (χ1v) is 9.59. The third-order valence-electron chi connectivity index (χ3n) is 4.65. The first-order valence-electron chi connectivity index (χ1n) is 8.71. The number of amides is 1. The van der Waals surface area contributed by atoms with Crippen LogP contribution in [0.2, 0.25) is 0 Å². The van der Waals surface area contributed by atoms with Crippen molar-refractivity contribution < 1.29 is 4.79 Å². The van der Waals surface area contributed by atoms with E-state index < -0.39 is 0 Å². The molecule has 1 saturated carbocycles. The third kappa shape index (κ3) is 4.59. The Kier molecular flexibility index (Phi) is 5.90. The Labute approximate surface area is 146 Å². The molecule has 3 rings (SSSR count). The highest BCUT2D eigenvalue weighted by molar-refractivity contribution is 7.13. The minimum absolute atomic E-state index is 0.0220. The average Bonchev–Trinajstić information content (AvgIpc) is 3.15. The number of aromatic nitrogens is 1. The van der Waals surface area contributed by atoms with Gasteiger partial charge in [0.15, 0.2) is 11.1 Å². The number of hydrogen-bond acceptors (Lipinski definition) is 5. The average molecular weight is 350 g/mol. The summed E-state index contributed by atoms with van der Waals surface area (Å²) in [4.78, 5) is 24.9. The van der Waals surface area contributed by atoms with Gasteiger partial charge in [0.1, 0.15) is 6.54 Å². The van der Waals surface area contributed by atoms with Gasteiger partial charge in [-0.25, -0.2) is 9.98 Å². The van der Waals surface area contributed by atoms with E-state index in [4.69, 9.17) is 5.73 Å². The molecule has 0 unspecified atom stereocenters. The fourth-order valence-electron chi connectivity index (χ4n) is 3.27. The number of hydrogen-bond donors (Lipinski definition) is 2. The molecule has 1 aromatic heterocycles. The first kappa shape index (κ1) is 17.0. The van der Waals surface area contributed by atoms with Gasteiger partial charge < -0.3 is 20.9 Å². The van der Waals surface area contributed by atoms with E-state index in [-0.39, 0.29) is 12.5 Å². The maximum absolute atomic E-state index is 12.0. The molecular weight excluding hydrogens is 324 g/mol. The van der Waals surface area contributed by atoms with Gasteiger partial charge >= 0.3 is 0 Å². The number of carbonyl (C=O) groups is 1. The highest BCUT2D eigenvalue weighted by Gasteiger charge is 2.20. The van der Waals surface area contributed by atoms with Crippen LogP contribution in [0.15, 0.2) is 16.6 Å². The number of piperazine rings is 1. The Morgan fingerprint density at radius 3 is 2.71 bits per heavy atom. The van der Waals surface area contributed by atoms with Gasteiger partial charge in [0.05, 0.1) is 0 Å². The molecule has 2 heterocycles. The second-order valence-electron chi connectivity index (χ2n) is 6.37. The Balaban J connectivity index is 1.41. The van der Waals surface area contributed by atoms with Crippen LogP contribution in [0.5, 0.6) is 0 Å². The van der Waals surface area contributed by atoms with Crippen molar-refractivity contribution >= 4 is 28.3 Å². The molecular formula is C16H26N6OS. The standard InChI is InChI=1S/C16H26N6OS/c17-15(19-12-14(23)20-13-4-2-1-3-5-13)21-7-9-22(10-8-21)16-18-6-11-24-16/h6,11,13H,1-5,7-10,12H2,(H2,17,19)(H,20,23). The number of rotatable bonds is 4. The van der Waals surface area contributed by atoms with E-state index in [0.29, 0.717) is 12.0 Å². The van der Waals surface area contributed by atoms with Crippen LogP contribution in [-0.4, -0.2) is 60.5 Å². The van der Waals surface area contributed by atoms with E-state index in [9.17, 15) is 4.79 Å². The maximum atomic E-state index is 12.0. The Morgan fingerprint density at radius 1 is 1.29 bits per heavy atom. The van der Waals surface area contributed by atoms with Crippen LogP contribution in [0.4, 0.5) is 5.13 Å². The van der Waals surface area contributed by atoms with Crippen molar-refractivity contribution in [2.24, 2.45) is 10.7 Å². The summed E-state index contributed by atoms with van der Waals surface area (Å²) < 4.78 is 0. The van der Waals surface area contributed by atoms with Gasteiger partial charge in [-0.3, -0.25) is 4.79 Å². The van der Waals surface area contributed by atoms with Crippen molar-refractivity contribution in [2.75, 3.05) is 37.6 Å². The number of nitrogens with zero attached hydrogens (tertiary/aromatic N) is 4. The van der Waals surface area contributed by atoms with Gasteiger partial charge in [-0.1, -0.05) is 19.3 Å². The lowest BCUT2D eigenvalue weighted by molar-refractivity contribution is -0.120. The summed E-state index contributed by atoms with van der Waals surface area (Å²) in [6.07, 6.45) is 7.70. The molecule has 8 heteroatoms.